The molecule has 14 heavy (non-hydrogen) atoms. The first kappa shape index (κ1) is 10.5. The van der Waals surface area contributed by atoms with Crippen molar-refractivity contribution in [2.24, 2.45) is 11.8 Å². The number of nitrogens with zero attached hydrogens (tertiary/aromatic N) is 1. The van der Waals surface area contributed by atoms with Crippen molar-refractivity contribution in [2.75, 3.05) is 13.6 Å². The maximum Gasteiger partial charge on any atom is 0.0810 e. The van der Waals surface area contributed by atoms with Crippen molar-refractivity contribution in [3.8, 4) is 0 Å². The monoisotopic (exact) mass is 207 g/mol. The summed E-state index contributed by atoms with van der Waals surface area (Å²) in [7, 11) is 8.33. The Bertz CT molecular complexity index is 252. The molecular formula is C11H18BNS. The number of piperidine rings is 1. The second kappa shape index (κ2) is 3.51. The Labute approximate surface area is 93.6 Å². The molecule has 2 radical (unpaired) electrons. The number of rotatable bonds is 0. The summed E-state index contributed by atoms with van der Waals surface area (Å²) in [6, 6.07) is 0. The van der Waals surface area contributed by atoms with Crippen molar-refractivity contribution in [1.82, 2.24) is 4.90 Å². The van der Waals surface area contributed by atoms with Gasteiger partial charge < -0.3 is 4.90 Å². The van der Waals surface area contributed by atoms with Gasteiger partial charge in [0.2, 0.25) is 0 Å². The minimum absolute atomic E-state index is 0.0622. The van der Waals surface area contributed by atoms with E-state index in [1.807, 2.05) is 0 Å². The normalized spacial score (nSPS) is 43.6. The molecule has 2 aliphatic rings. The molecule has 0 amide bonds. The zero-order valence-corrected chi connectivity index (χ0v) is 9.94. The molecule has 1 aliphatic heterocycles. The van der Waals surface area contributed by atoms with E-state index < -0.39 is 0 Å². The van der Waals surface area contributed by atoms with Crippen molar-refractivity contribution in [2.45, 2.75) is 37.9 Å². The lowest BCUT2D eigenvalue weighted by molar-refractivity contribution is 0.191. The molecule has 3 unspecified atom stereocenters. The zero-order valence-electron chi connectivity index (χ0n) is 9.12. The molecule has 1 aliphatic carbocycles. The number of likely N-dealkylation sites (tertiary alicyclic amines) is 1. The molecule has 0 aromatic rings. The van der Waals surface area contributed by atoms with Crippen LogP contribution < -0.4 is 0 Å². The van der Waals surface area contributed by atoms with Crippen molar-refractivity contribution < 1.29 is 0 Å². The third kappa shape index (κ3) is 1.84. The maximum atomic E-state index is 6.21. The Hall–Kier alpha value is -0.0451. The number of thiocarbonyl (C=S) groups is 1. The van der Waals surface area contributed by atoms with Crippen LogP contribution in [0.4, 0.5) is 0 Å². The SMILES string of the molecule is [B]C1(C)CCC2C(=S)N(C)CCC2C1. The van der Waals surface area contributed by atoms with Gasteiger partial charge in [-0.1, -0.05) is 37.3 Å². The lowest BCUT2D eigenvalue weighted by atomic mass is 9.55. The summed E-state index contributed by atoms with van der Waals surface area (Å²) in [5, 5.41) is 0.0622. The van der Waals surface area contributed by atoms with Crippen LogP contribution in [-0.2, 0) is 0 Å². The van der Waals surface area contributed by atoms with Crippen LogP contribution in [0.15, 0.2) is 0 Å². The summed E-state index contributed by atoms with van der Waals surface area (Å²) < 4.78 is 0. The standard InChI is InChI=1S/C11H18BNS/c1-11(12)5-3-9-8(7-11)4-6-13(2)10(9)14/h8-9H,3-7H2,1-2H3. The van der Waals surface area contributed by atoms with Crippen LogP contribution in [0.1, 0.15) is 32.6 Å². The van der Waals surface area contributed by atoms with Gasteiger partial charge >= 0.3 is 0 Å². The van der Waals surface area contributed by atoms with Gasteiger partial charge in [0.15, 0.2) is 0 Å². The second-order valence-electron chi connectivity index (χ2n) is 5.31. The van der Waals surface area contributed by atoms with E-state index in [1.54, 1.807) is 0 Å². The first-order valence-corrected chi connectivity index (χ1v) is 5.94. The smallest absolute Gasteiger partial charge is 0.0810 e. The Morgan fingerprint density at radius 3 is 2.93 bits per heavy atom. The third-order valence-corrected chi connectivity index (χ3v) is 4.47. The molecule has 1 saturated heterocycles. The van der Waals surface area contributed by atoms with Gasteiger partial charge in [-0.2, -0.15) is 0 Å². The summed E-state index contributed by atoms with van der Waals surface area (Å²) in [5.74, 6) is 1.39. The van der Waals surface area contributed by atoms with Crippen LogP contribution in [0.2, 0.25) is 5.31 Å². The van der Waals surface area contributed by atoms with E-state index in [9.17, 15) is 0 Å². The molecule has 0 aromatic carbocycles. The Morgan fingerprint density at radius 2 is 2.21 bits per heavy atom. The molecule has 3 atom stereocenters. The molecule has 1 nitrogen and oxygen atoms in total. The van der Waals surface area contributed by atoms with E-state index in [-0.39, 0.29) is 5.31 Å². The number of fused-ring (bicyclic) bond motifs is 1. The average Bonchev–Trinajstić information content (AvgIpc) is 2.10. The van der Waals surface area contributed by atoms with Crippen molar-refractivity contribution in [3.05, 3.63) is 0 Å². The van der Waals surface area contributed by atoms with E-state index in [1.165, 1.54) is 17.8 Å². The fraction of sp³-hybridized carbons (Fsp3) is 0.909. The number of hydrogen-bond donors (Lipinski definition) is 0. The molecule has 0 N–H and O–H groups in total. The highest BCUT2D eigenvalue weighted by molar-refractivity contribution is 7.80. The highest BCUT2D eigenvalue weighted by atomic mass is 32.1. The zero-order chi connectivity index (χ0) is 10.3. The van der Waals surface area contributed by atoms with Crippen LogP contribution in [0.25, 0.3) is 0 Å². The summed E-state index contributed by atoms with van der Waals surface area (Å²) in [6.07, 6.45) is 4.75. The van der Waals surface area contributed by atoms with Gasteiger partial charge in [0.1, 0.15) is 0 Å². The fourth-order valence-corrected chi connectivity index (χ4v) is 3.35. The molecule has 1 saturated carbocycles. The summed E-state index contributed by atoms with van der Waals surface area (Å²) in [4.78, 5) is 3.42. The average molecular weight is 207 g/mol. The van der Waals surface area contributed by atoms with Crippen LogP contribution in [0.5, 0.6) is 0 Å². The van der Waals surface area contributed by atoms with Gasteiger partial charge in [-0.15, -0.1) is 0 Å². The molecule has 2 rings (SSSR count). The minimum Gasteiger partial charge on any atom is -0.369 e. The van der Waals surface area contributed by atoms with E-state index >= 15 is 0 Å². The van der Waals surface area contributed by atoms with Gasteiger partial charge in [-0.05, 0) is 18.8 Å². The van der Waals surface area contributed by atoms with Gasteiger partial charge in [-0.25, -0.2) is 0 Å². The molecule has 2 fully saturated rings. The summed E-state index contributed by atoms with van der Waals surface area (Å²) >= 11 is 5.49. The lowest BCUT2D eigenvalue weighted by Crippen LogP contribution is -2.45. The van der Waals surface area contributed by atoms with Gasteiger partial charge in [-0.3, -0.25) is 0 Å². The summed E-state index contributed by atoms with van der Waals surface area (Å²) in [5.41, 5.74) is 0. The van der Waals surface area contributed by atoms with Crippen molar-refractivity contribution in [3.63, 3.8) is 0 Å². The molecule has 0 bridgehead atoms. The van der Waals surface area contributed by atoms with Gasteiger partial charge in [0.05, 0.1) is 12.8 Å². The van der Waals surface area contributed by atoms with Gasteiger partial charge in [0.25, 0.3) is 0 Å². The molecule has 0 spiro atoms. The molecular weight excluding hydrogens is 189 g/mol. The van der Waals surface area contributed by atoms with E-state index in [0.717, 1.165) is 25.3 Å². The maximum absolute atomic E-state index is 6.21. The first-order valence-electron chi connectivity index (χ1n) is 5.53. The summed E-state index contributed by atoms with van der Waals surface area (Å²) in [6.45, 7) is 3.31. The Balaban J connectivity index is 2.09. The van der Waals surface area contributed by atoms with E-state index in [4.69, 9.17) is 20.1 Å². The molecule has 0 aromatic heterocycles. The van der Waals surface area contributed by atoms with Crippen molar-refractivity contribution in [1.29, 1.82) is 0 Å². The van der Waals surface area contributed by atoms with Crippen molar-refractivity contribution >= 4 is 25.1 Å². The quantitative estimate of drug-likeness (QED) is 0.443. The Morgan fingerprint density at radius 1 is 1.50 bits per heavy atom. The first-order chi connectivity index (χ1) is 6.49. The highest BCUT2D eigenvalue weighted by Crippen LogP contribution is 2.48. The highest BCUT2D eigenvalue weighted by Gasteiger charge is 2.39. The predicted octanol–water partition coefficient (Wildman–Crippen LogP) is 2.41. The van der Waals surface area contributed by atoms with Crippen LogP contribution in [-0.4, -0.2) is 31.3 Å². The van der Waals surface area contributed by atoms with Crippen LogP contribution in [0, 0.1) is 11.8 Å². The fourth-order valence-electron chi connectivity index (χ4n) is 2.95. The largest absolute Gasteiger partial charge is 0.369 e. The molecule has 3 heteroatoms. The van der Waals surface area contributed by atoms with Crippen LogP contribution >= 0.6 is 12.2 Å². The lowest BCUT2D eigenvalue weighted by Gasteiger charge is -2.46. The topological polar surface area (TPSA) is 3.24 Å². The van der Waals surface area contributed by atoms with Gasteiger partial charge in [0, 0.05) is 19.5 Å². The second-order valence-corrected chi connectivity index (χ2v) is 5.73. The Kier molecular flexibility index (Phi) is 2.63. The van der Waals surface area contributed by atoms with E-state index in [0.29, 0.717) is 5.92 Å². The minimum atomic E-state index is 0.0622. The predicted molar refractivity (Wildman–Crippen MR) is 64.8 cm³/mol. The van der Waals surface area contributed by atoms with E-state index in [2.05, 4.69) is 18.9 Å². The molecule has 76 valence electrons. The molecule has 1 heterocycles. The van der Waals surface area contributed by atoms with Crippen LogP contribution in [0.3, 0.4) is 0 Å². The third-order valence-electron chi connectivity index (χ3n) is 3.85. The number of hydrogen-bond acceptors (Lipinski definition) is 1.